The van der Waals surface area contributed by atoms with Crippen molar-refractivity contribution < 1.29 is 4.74 Å². The van der Waals surface area contributed by atoms with Gasteiger partial charge in [-0.2, -0.15) is 0 Å². The van der Waals surface area contributed by atoms with Crippen LogP contribution in [-0.4, -0.2) is 7.11 Å². The van der Waals surface area contributed by atoms with Gasteiger partial charge < -0.3 is 4.74 Å². The zero-order chi connectivity index (χ0) is 13.1. The summed E-state index contributed by atoms with van der Waals surface area (Å²) < 4.78 is 5.24. The molecular weight excluding hydrogens is 267 g/mol. The molecule has 0 spiro atoms. The first kappa shape index (κ1) is 13.3. The second kappa shape index (κ2) is 5.64. The van der Waals surface area contributed by atoms with Crippen molar-refractivity contribution in [1.29, 1.82) is 0 Å². The minimum Gasteiger partial charge on any atom is -0.496 e. The second-order valence-electron chi connectivity index (χ2n) is 4.14. The van der Waals surface area contributed by atoms with Crippen LogP contribution < -0.4 is 4.74 Å². The number of ether oxygens (including phenoxy) is 1. The van der Waals surface area contributed by atoms with Gasteiger partial charge in [0.25, 0.3) is 0 Å². The lowest BCUT2D eigenvalue weighted by Crippen LogP contribution is -1.95. The Hall–Kier alpha value is -1.18. The molecule has 0 radical (unpaired) electrons. The molecule has 0 fully saturated rings. The van der Waals surface area contributed by atoms with Crippen molar-refractivity contribution in [3.63, 3.8) is 0 Å². The van der Waals surface area contributed by atoms with Crippen molar-refractivity contribution in [2.24, 2.45) is 0 Å². The first-order chi connectivity index (χ1) is 8.61. The molecule has 0 aromatic heterocycles. The molecule has 2 aromatic carbocycles. The summed E-state index contributed by atoms with van der Waals surface area (Å²) in [6.45, 7) is 2.01. The van der Waals surface area contributed by atoms with Gasteiger partial charge in [0, 0.05) is 5.02 Å². The van der Waals surface area contributed by atoms with Gasteiger partial charge in [-0.3, -0.25) is 0 Å². The Morgan fingerprint density at radius 3 is 2.17 bits per heavy atom. The molecule has 1 unspecified atom stereocenters. The summed E-state index contributed by atoms with van der Waals surface area (Å²) in [7, 11) is 1.67. The molecule has 1 nitrogen and oxygen atoms in total. The number of aryl methyl sites for hydroxylation is 1. The fourth-order valence-corrected chi connectivity index (χ4v) is 2.29. The van der Waals surface area contributed by atoms with Crippen LogP contribution in [0.25, 0.3) is 0 Å². The highest BCUT2D eigenvalue weighted by atomic mass is 35.5. The molecular formula is C15H14Cl2O. The van der Waals surface area contributed by atoms with Crippen molar-refractivity contribution in [2.75, 3.05) is 7.11 Å². The Morgan fingerprint density at radius 2 is 1.61 bits per heavy atom. The Morgan fingerprint density at radius 1 is 1.00 bits per heavy atom. The third-order valence-corrected chi connectivity index (χ3v) is 3.63. The first-order valence-corrected chi connectivity index (χ1v) is 6.47. The summed E-state index contributed by atoms with van der Waals surface area (Å²) in [5.41, 5.74) is 3.16. The molecule has 0 N–H and O–H groups in total. The molecule has 0 aliphatic rings. The average Bonchev–Trinajstić information content (AvgIpc) is 2.38. The zero-order valence-corrected chi connectivity index (χ0v) is 11.8. The highest BCUT2D eigenvalue weighted by molar-refractivity contribution is 6.30. The minimum atomic E-state index is -0.174. The Kier molecular flexibility index (Phi) is 4.15. The maximum atomic E-state index is 6.47. The van der Waals surface area contributed by atoms with Gasteiger partial charge in [-0.15, -0.1) is 11.6 Å². The van der Waals surface area contributed by atoms with Crippen molar-refractivity contribution in [1.82, 2.24) is 0 Å². The van der Waals surface area contributed by atoms with E-state index in [2.05, 4.69) is 0 Å². The smallest absolute Gasteiger partial charge is 0.121 e. The molecule has 0 amide bonds. The van der Waals surface area contributed by atoms with Crippen molar-refractivity contribution in [3.05, 3.63) is 64.2 Å². The topological polar surface area (TPSA) is 9.23 Å². The number of hydrogen-bond donors (Lipinski definition) is 0. The first-order valence-electron chi connectivity index (χ1n) is 5.66. The van der Waals surface area contributed by atoms with Gasteiger partial charge in [-0.1, -0.05) is 35.9 Å². The third kappa shape index (κ3) is 2.80. The monoisotopic (exact) mass is 280 g/mol. The average molecular weight is 281 g/mol. The highest BCUT2D eigenvalue weighted by Crippen LogP contribution is 2.32. The van der Waals surface area contributed by atoms with E-state index in [4.69, 9.17) is 27.9 Å². The molecule has 0 aliphatic heterocycles. The third-order valence-electron chi connectivity index (χ3n) is 2.87. The SMILES string of the molecule is COc1ccc(C(Cl)c2ccc(Cl)cc2)cc1C. The molecule has 0 heterocycles. The van der Waals surface area contributed by atoms with E-state index >= 15 is 0 Å². The summed E-state index contributed by atoms with van der Waals surface area (Å²) in [5.74, 6) is 0.874. The number of benzene rings is 2. The van der Waals surface area contributed by atoms with Gasteiger partial charge in [0.1, 0.15) is 5.75 Å². The number of methoxy groups -OCH3 is 1. The van der Waals surface area contributed by atoms with Crippen LogP contribution in [0, 0.1) is 6.92 Å². The summed E-state index contributed by atoms with van der Waals surface area (Å²) in [6, 6.07) is 13.6. The van der Waals surface area contributed by atoms with E-state index < -0.39 is 0 Å². The Labute approximate surface area is 117 Å². The summed E-state index contributed by atoms with van der Waals surface area (Å²) in [4.78, 5) is 0. The van der Waals surface area contributed by atoms with Crippen LogP contribution in [0.2, 0.25) is 5.02 Å². The number of hydrogen-bond acceptors (Lipinski definition) is 1. The lowest BCUT2D eigenvalue weighted by molar-refractivity contribution is 0.411. The molecule has 0 bridgehead atoms. The van der Waals surface area contributed by atoms with Crippen LogP contribution in [0.3, 0.4) is 0 Å². The van der Waals surface area contributed by atoms with Gasteiger partial charge in [0.05, 0.1) is 12.5 Å². The van der Waals surface area contributed by atoms with Crippen molar-refractivity contribution in [3.8, 4) is 5.75 Å². The Balaban J connectivity index is 2.31. The summed E-state index contributed by atoms with van der Waals surface area (Å²) >= 11 is 12.3. The lowest BCUT2D eigenvalue weighted by atomic mass is 10.0. The largest absolute Gasteiger partial charge is 0.496 e. The van der Waals surface area contributed by atoms with E-state index in [1.54, 1.807) is 7.11 Å². The summed E-state index contributed by atoms with van der Waals surface area (Å²) in [5, 5.41) is 0.542. The molecule has 2 aromatic rings. The minimum absolute atomic E-state index is 0.174. The normalized spacial score (nSPS) is 12.2. The molecule has 1 atom stereocenters. The van der Waals surface area contributed by atoms with E-state index in [1.165, 1.54) is 0 Å². The van der Waals surface area contributed by atoms with Gasteiger partial charge >= 0.3 is 0 Å². The van der Waals surface area contributed by atoms with Crippen LogP contribution in [-0.2, 0) is 0 Å². The van der Waals surface area contributed by atoms with E-state index in [-0.39, 0.29) is 5.38 Å². The van der Waals surface area contributed by atoms with Gasteiger partial charge in [0.15, 0.2) is 0 Å². The molecule has 18 heavy (non-hydrogen) atoms. The molecule has 2 rings (SSSR count). The molecule has 94 valence electrons. The zero-order valence-electron chi connectivity index (χ0n) is 10.3. The number of halogens is 2. The lowest BCUT2D eigenvalue weighted by Gasteiger charge is -2.13. The predicted octanol–water partition coefficient (Wildman–Crippen LogP) is 4.99. The maximum Gasteiger partial charge on any atom is 0.121 e. The van der Waals surface area contributed by atoms with E-state index in [0.717, 1.165) is 22.4 Å². The second-order valence-corrected chi connectivity index (χ2v) is 5.02. The molecule has 0 saturated carbocycles. The Bertz CT molecular complexity index is 535. The van der Waals surface area contributed by atoms with Crippen LogP contribution >= 0.6 is 23.2 Å². The molecule has 0 saturated heterocycles. The number of alkyl halides is 1. The fourth-order valence-electron chi connectivity index (χ4n) is 1.88. The van der Waals surface area contributed by atoms with E-state index in [0.29, 0.717) is 5.02 Å². The van der Waals surface area contributed by atoms with Crippen LogP contribution in [0.15, 0.2) is 42.5 Å². The highest BCUT2D eigenvalue weighted by Gasteiger charge is 2.12. The van der Waals surface area contributed by atoms with Gasteiger partial charge in [-0.05, 0) is 41.8 Å². The maximum absolute atomic E-state index is 6.47. The van der Waals surface area contributed by atoms with Crippen LogP contribution in [0.5, 0.6) is 5.75 Å². The van der Waals surface area contributed by atoms with Crippen molar-refractivity contribution in [2.45, 2.75) is 12.3 Å². The van der Waals surface area contributed by atoms with E-state index in [9.17, 15) is 0 Å². The van der Waals surface area contributed by atoms with Crippen LogP contribution in [0.4, 0.5) is 0 Å². The standard InChI is InChI=1S/C15H14Cl2O/c1-10-9-12(5-8-14(10)18-2)15(17)11-3-6-13(16)7-4-11/h3-9,15H,1-2H3. The van der Waals surface area contributed by atoms with Crippen molar-refractivity contribution >= 4 is 23.2 Å². The fraction of sp³-hybridized carbons (Fsp3) is 0.200. The number of rotatable bonds is 3. The quantitative estimate of drug-likeness (QED) is 0.720. The van der Waals surface area contributed by atoms with Gasteiger partial charge in [0.2, 0.25) is 0 Å². The summed E-state index contributed by atoms with van der Waals surface area (Å²) in [6.07, 6.45) is 0. The van der Waals surface area contributed by atoms with E-state index in [1.807, 2.05) is 49.4 Å². The molecule has 0 aliphatic carbocycles. The van der Waals surface area contributed by atoms with Gasteiger partial charge in [-0.25, -0.2) is 0 Å². The van der Waals surface area contributed by atoms with Crippen LogP contribution in [0.1, 0.15) is 22.1 Å². The predicted molar refractivity (Wildman–Crippen MR) is 76.9 cm³/mol. The molecule has 3 heteroatoms.